The Labute approximate surface area is 207 Å². The van der Waals surface area contributed by atoms with Gasteiger partial charge < -0.3 is 0 Å². The Hall–Kier alpha value is -4.98. The van der Waals surface area contributed by atoms with Crippen LogP contribution in [0.1, 0.15) is 12.5 Å². The molecular formula is C28H24N6O2. The highest BCUT2D eigenvalue weighted by Gasteiger charge is 2.12. The van der Waals surface area contributed by atoms with Gasteiger partial charge in [-0.25, -0.2) is 9.67 Å². The maximum absolute atomic E-state index is 12.8. The Bertz CT molecular complexity index is 1600. The van der Waals surface area contributed by atoms with Crippen molar-refractivity contribution in [1.29, 1.82) is 0 Å². The maximum atomic E-state index is 12.8. The van der Waals surface area contributed by atoms with Crippen LogP contribution in [0.15, 0.2) is 102 Å². The first-order valence-corrected chi connectivity index (χ1v) is 11.6. The average Bonchev–Trinajstić information content (AvgIpc) is 3.36. The van der Waals surface area contributed by atoms with E-state index in [1.807, 2.05) is 79.9 Å². The van der Waals surface area contributed by atoms with Gasteiger partial charge in [0.05, 0.1) is 22.3 Å². The summed E-state index contributed by atoms with van der Waals surface area (Å²) in [6.07, 6.45) is 5.02. The highest BCUT2D eigenvalue weighted by atomic mass is 16.2. The van der Waals surface area contributed by atoms with E-state index in [9.17, 15) is 9.59 Å². The molecule has 3 aromatic carbocycles. The van der Waals surface area contributed by atoms with Crippen molar-refractivity contribution in [3.8, 4) is 16.9 Å². The van der Waals surface area contributed by atoms with E-state index in [4.69, 9.17) is 5.10 Å². The van der Waals surface area contributed by atoms with E-state index < -0.39 is 5.91 Å². The van der Waals surface area contributed by atoms with Gasteiger partial charge in [-0.1, -0.05) is 60.7 Å². The van der Waals surface area contributed by atoms with Gasteiger partial charge in [0.2, 0.25) is 5.95 Å². The van der Waals surface area contributed by atoms with Crippen molar-refractivity contribution in [3.05, 3.63) is 113 Å². The number of hydrogen-bond acceptors (Lipinski definition) is 5. The Balaban J connectivity index is 1.39. The van der Waals surface area contributed by atoms with E-state index in [0.717, 1.165) is 22.5 Å². The normalized spacial score (nSPS) is 11.1. The van der Waals surface area contributed by atoms with Gasteiger partial charge >= 0.3 is 0 Å². The lowest BCUT2D eigenvalue weighted by atomic mass is 10.1. The standard InChI is InChI=1S/C28H24N6O2/c1-2-33-27(36)23-15-9-10-16-24(23)29-28(33)31-30-25(35)18-17-21-19-34(22-13-7-4-8-14-22)32-26(21)20-11-5-3-6-12-20/h3-19H,2H2,1H3,(H,29,31)(H,30,35)/b18-17+. The molecule has 0 aliphatic carbocycles. The fraction of sp³-hybridized carbons (Fsp3) is 0.0714. The number of nitrogens with zero attached hydrogens (tertiary/aromatic N) is 4. The number of benzene rings is 3. The molecule has 0 radical (unpaired) electrons. The zero-order valence-electron chi connectivity index (χ0n) is 19.6. The van der Waals surface area contributed by atoms with Gasteiger partial charge in [-0.15, -0.1) is 0 Å². The van der Waals surface area contributed by atoms with E-state index >= 15 is 0 Å². The molecule has 0 aliphatic rings. The third kappa shape index (κ3) is 4.65. The molecule has 8 nitrogen and oxygen atoms in total. The quantitative estimate of drug-likeness (QED) is 0.268. The topological polar surface area (TPSA) is 93.8 Å². The molecule has 0 saturated carbocycles. The van der Waals surface area contributed by atoms with Crippen LogP contribution >= 0.6 is 0 Å². The Morgan fingerprint density at radius 2 is 1.64 bits per heavy atom. The number of para-hydroxylation sites is 2. The van der Waals surface area contributed by atoms with Gasteiger partial charge in [0.1, 0.15) is 0 Å². The first kappa shape index (κ1) is 22.8. The second kappa shape index (κ2) is 10.1. The van der Waals surface area contributed by atoms with Crippen LogP contribution < -0.4 is 16.4 Å². The van der Waals surface area contributed by atoms with Crippen LogP contribution in [0.25, 0.3) is 33.9 Å². The van der Waals surface area contributed by atoms with Crippen LogP contribution in [0.4, 0.5) is 5.95 Å². The number of aromatic nitrogens is 4. The summed E-state index contributed by atoms with van der Waals surface area (Å²) < 4.78 is 3.26. The lowest BCUT2D eigenvalue weighted by Gasteiger charge is -2.13. The monoisotopic (exact) mass is 476 g/mol. The van der Waals surface area contributed by atoms with Gasteiger partial charge in [0.15, 0.2) is 0 Å². The first-order chi connectivity index (χ1) is 17.6. The predicted octanol–water partition coefficient (Wildman–Crippen LogP) is 4.43. The highest BCUT2D eigenvalue weighted by molar-refractivity contribution is 5.93. The molecule has 2 aromatic heterocycles. The van der Waals surface area contributed by atoms with Crippen molar-refractivity contribution in [2.45, 2.75) is 13.5 Å². The first-order valence-electron chi connectivity index (χ1n) is 11.6. The SMILES string of the molecule is CCn1c(NNC(=O)/C=C/c2cn(-c3ccccc3)nc2-c2ccccc2)nc2ccccc2c1=O. The molecule has 5 aromatic rings. The van der Waals surface area contributed by atoms with Gasteiger partial charge in [-0.3, -0.25) is 25.0 Å². The Kier molecular flexibility index (Phi) is 6.40. The summed E-state index contributed by atoms with van der Waals surface area (Å²) in [7, 11) is 0. The molecule has 0 spiro atoms. The van der Waals surface area contributed by atoms with E-state index in [0.29, 0.717) is 17.4 Å². The molecule has 0 unspecified atom stereocenters. The molecule has 0 aliphatic heterocycles. The summed E-state index contributed by atoms with van der Waals surface area (Å²) in [5.74, 6) is -0.128. The fourth-order valence-corrected chi connectivity index (χ4v) is 3.92. The fourth-order valence-electron chi connectivity index (χ4n) is 3.92. The number of rotatable bonds is 7. The summed E-state index contributed by atoms with van der Waals surface area (Å²) in [6, 6.07) is 26.7. The summed E-state index contributed by atoms with van der Waals surface area (Å²) in [5.41, 5.74) is 9.19. The van der Waals surface area contributed by atoms with Crippen LogP contribution in [-0.2, 0) is 11.3 Å². The van der Waals surface area contributed by atoms with Crippen LogP contribution in [0.3, 0.4) is 0 Å². The molecule has 178 valence electrons. The third-order valence-corrected chi connectivity index (χ3v) is 5.70. The van der Waals surface area contributed by atoms with E-state index in [1.54, 1.807) is 29.0 Å². The number of anilines is 1. The summed E-state index contributed by atoms with van der Waals surface area (Å²) in [5, 5.41) is 5.28. The minimum atomic E-state index is -0.397. The van der Waals surface area contributed by atoms with Crippen molar-refractivity contribution in [2.75, 3.05) is 5.43 Å². The van der Waals surface area contributed by atoms with Crippen molar-refractivity contribution in [3.63, 3.8) is 0 Å². The van der Waals surface area contributed by atoms with Crippen LogP contribution in [0.5, 0.6) is 0 Å². The van der Waals surface area contributed by atoms with Gasteiger partial charge in [0, 0.05) is 29.9 Å². The molecule has 1 amide bonds. The molecule has 2 N–H and O–H groups in total. The van der Waals surface area contributed by atoms with E-state index in [2.05, 4.69) is 15.8 Å². The van der Waals surface area contributed by atoms with Crippen molar-refractivity contribution < 1.29 is 4.79 Å². The molecule has 0 fully saturated rings. The second-order valence-electron chi connectivity index (χ2n) is 8.03. The van der Waals surface area contributed by atoms with Crippen LogP contribution in [0, 0.1) is 0 Å². The number of carbonyl (C=O) groups is 1. The Morgan fingerprint density at radius 1 is 0.944 bits per heavy atom. The summed E-state index contributed by atoms with van der Waals surface area (Å²) >= 11 is 0. The third-order valence-electron chi connectivity index (χ3n) is 5.70. The van der Waals surface area contributed by atoms with Crippen LogP contribution in [-0.4, -0.2) is 25.2 Å². The molecule has 0 atom stereocenters. The second-order valence-corrected chi connectivity index (χ2v) is 8.03. The number of hydrogen-bond donors (Lipinski definition) is 2. The Morgan fingerprint density at radius 3 is 2.39 bits per heavy atom. The number of hydrazine groups is 1. The van der Waals surface area contributed by atoms with Gasteiger partial charge in [-0.2, -0.15) is 5.10 Å². The largest absolute Gasteiger partial charge is 0.277 e. The van der Waals surface area contributed by atoms with Crippen LogP contribution in [0.2, 0.25) is 0 Å². The molecule has 0 saturated heterocycles. The average molecular weight is 477 g/mol. The molecule has 2 heterocycles. The molecule has 8 heteroatoms. The van der Waals surface area contributed by atoms with Gasteiger partial charge in [0.25, 0.3) is 11.5 Å². The smallest absolute Gasteiger partial charge is 0.262 e. The number of nitrogens with one attached hydrogen (secondary N) is 2. The lowest BCUT2D eigenvalue weighted by molar-refractivity contribution is -0.116. The zero-order valence-corrected chi connectivity index (χ0v) is 19.6. The minimum Gasteiger partial charge on any atom is -0.277 e. The van der Waals surface area contributed by atoms with E-state index in [1.165, 1.54) is 10.6 Å². The number of carbonyl (C=O) groups excluding carboxylic acids is 1. The molecule has 0 bridgehead atoms. The highest BCUT2D eigenvalue weighted by Crippen LogP contribution is 2.24. The molecule has 5 rings (SSSR count). The molecule has 36 heavy (non-hydrogen) atoms. The minimum absolute atomic E-state index is 0.170. The number of fused-ring (bicyclic) bond motifs is 1. The lowest BCUT2D eigenvalue weighted by Crippen LogP contribution is -2.33. The zero-order chi connectivity index (χ0) is 24.9. The number of amides is 1. The molecular weight excluding hydrogens is 452 g/mol. The summed E-state index contributed by atoms with van der Waals surface area (Å²) in [4.78, 5) is 29.9. The van der Waals surface area contributed by atoms with Crippen molar-refractivity contribution in [2.24, 2.45) is 0 Å². The predicted molar refractivity (Wildman–Crippen MR) is 141 cm³/mol. The van der Waals surface area contributed by atoms with E-state index in [-0.39, 0.29) is 11.5 Å². The van der Waals surface area contributed by atoms with Gasteiger partial charge in [-0.05, 0) is 37.3 Å². The maximum Gasteiger partial charge on any atom is 0.262 e. The van der Waals surface area contributed by atoms with Crippen molar-refractivity contribution >= 4 is 28.8 Å². The van der Waals surface area contributed by atoms with Crippen molar-refractivity contribution in [1.82, 2.24) is 24.8 Å². The summed E-state index contributed by atoms with van der Waals surface area (Å²) in [6.45, 7) is 2.25.